The summed E-state index contributed by atoms with van der Waals surface area (Å²) in [4.78, 5) is 14.1. The number of aromatic nitrogens is 4. The molecule has 0 amide bonds. The van der Waals surface area contributed by atoms with Crippen molar-refractivity contribution in [2.45, 2.75) is 20.8 Å². The summed E-state index contributed by atoms with van der Waals surface area (Å²) in [6.07, 6.45) is 0. The lowest BCUT2D eigenvalue weighted by atomic mass is 10.2. The molecule has 0 aliphatic heterocycles. The highest BCUT2D eigenvalue weighted by Crippen LogP contribution is 2.31. The molecule has 0 unspecified atom stereocenters. The van der Waals surface area contributed by atoms with E-state index in [4.69, 9.17) is 9.72 Å². The van der Waals surface area contributed by atoms with E-state index in [-0.39, 0.29) is 0 Å². The van der Waals surface area contributed by atoms with Gasteiger partial charge in [0.1, 0.15) is 11.3 Å². The van der Waals surface area contributed by atoms with Crippen LogP contribution in [-0.2, 0) is 0 Å². The van der Waals surface area contributed by atoms with E-state index in [0.29, 0.717) is 5.88 Å². The van der Waals surface area contributed by atoms with Crippen molar-refractivity contribution >= 4 is 28.0 Å². The van der Waals surface area contributed by atoms with Crippen LogP contribution in [0.25, 0.3) is 28.1 Å². The Hall–Kier alpha value is -2.47. The van der Waals surface area contributed by atoms with Crippen molar-refractivity contribution in [3.05, 3.63) is 39.8 Å². The van der Waals surface area contributed by atoms with Crippen LogP contribution in [0.3, 0.4) is 0 Å². The van der Waals surface area contributed by atoms with E-state index >= 15 is 0 Å². The van der Waals surface area contributed by atoms with Crippen LogP contribution in [0.4, 0.5) is 0 Å². The van der Waals surface area contributed by atoms with Gasteiger partial charge in [0, 0.05) is 17.0 Å². The molecule has 0 aromatic carbocycles. The highest BCUT2D eigenvalue weighted by molar-refractivity contribution is 7.08. The Morgan fingerprint density at radius 2 is 1.78 bits per heavy atom. The Bertz CT molecular complexity index is 1050. The molecule has 4 rings (SSSR count). The van der Waals surface area contributed by atoms with Crippen molar-refractivity contribution in [1.29, 1.82) is 0 Å². The number of ether oxygens (including phenoxy) is 1. The number of hydrogen-bond acceptors (Lipinski definition) is 5. The zero-order valence-electron chi connectivity index (χ0n) is 13.4. The number of aryl methyl sites for hydroxylation is 3. The van der Waals surface area contributed by atoms with E-state index in [9.17, 15) is 0 Å². The Morgan fingerprint density at radius 1 is 1.00 bits per heavy atom. The highest BCUT2D eigenvalue weighted by Gasteiger charge is 2.18. The number of hydrogen-bond donors (Lipinski definition) is 0. The molecule has 0 N–H and O–H groups in total. The number of fused-ring (bicyclic) bond motifs is 3. The van der Waals surface area contributed by atoms with Crippen molar-refractivity contribution in [2.24, 2.45) is 0 Å². The Morgan fingerprint density at radius 3 is 2.48 bits per heavy atom. The minimum absolute atomic E-state index is 0.573. The molecule has 0 saturated carbocycles. The quantitative estimate of drug-likeness (QED) is 0.560. The highest BCUT2D eigenvalue weighted by atomic mass is 32.1. The largest absolute Gasteiger partial charge is 0.481 e. The monoisotopic (exact) mass is 324 g/mol. The smallest absolute Gasteiger partial charge is 0.215 e. The van der Waals surface area contributed by atoms with E-state index in [1.54, 1.807) is 18.4 Å². The SMILES string of the molecule is COc1ccc2nc(C)c3c(C)nc(-c4cscc4C)n3c2n1. The van der Waals surface area contributed by atoms with Crippen molar-refractivity contribution in [2.75, 3.05) is 7.11 Å². The molecule has 0 spiro atoms. The molecule has 6 heteroatoms. The molecule has 0 radical (unpaired) electrons. The van der Waals surface area contributed by atoms with Crippen LogP contribution in [-0.4, -0.2) is 26.5 Å². The summed E-state index contributed by atoms with van der Waals surface area (Å²) < 4.78 is 7.39. The Labute approximate surface area is 137 Å². The first-order valence-electron chi connectivity index (χ1n) is 7.33. The summed E-state index contributed by atoms with van der Waals surface area (Å²) in [5.41, 5.74) is 6.88. The third kappa shape index (κ3) is 2.02. The molecule has 116 valence electrons. The predicted octanol–water partition coefficient (Wildman–Crippen LogP) is 3.94. The van der Waals surface area contributed by atoms with Gasteiger partial charge in [-0.05, 0) is 37.8 Å². The Balaban J connectivity index is 2.22. The Kier molecular flexibility index (Phi) is 3.09. The average Bonchev–Trinajstić information content (AvgIpc) is 3.11. The molecule has 4 aromatic rings. The topological polar surface area (TPSA) is 52.3 Å². The van der Waals surface area contributed by atoms with Crippen LogP contribution in [0.15, 0.2) is 22.9 Å². The van der Waals surface area contributed by atoms with E-state index in [1.165, 1.54) is 5.56 Å². The summed E-state index contributed by atoms with van der Waals surface area (Å²) >= 11 is 1.68. The third-order valence-electron chi connectivity index (χ3n) is 4.03. The van der Waals surface area contributed by atoms with Gasteiger partial charge in [-0.3, -0.25) is 4.40 Å². The molecule has 0 saturated heterocycles. The second kappa shape index (κ2) is 5.03. The lowest BCUT2D eigenvalue weighted by Crippen LogP contribution is -2.00. The lowest BCUT2D eigenvalue weighted by molar-refractivity contribution is 0.399. The second-order valence-electron chi connectivity index (χ2n) is 5.57. The van der Waals surface area contributed by atoms with Gasteiger partial charge in [-0.15, -0.1) is 0 Å². The first-order chi connectivity index (χ1) is 11.1. The number of thiophene rings is 1. The zero-order valence-corrected chi connectivity index (χ0v) is 14.2. The van der Waals surface area contributed by atoms with Gasteiger partial charge in [-0.1, -0.05) is 0 Å². The van der Waals surface area contributed by atoms with Gasteiger partial charge in [-0.2, -0.15) is 16.3 Å². The second-order valence-corrected chi connectivity index (χ2v) is 6.31. The molecular formula is C17H16N4OS. The number of imidazole rings is 1. The maximum absolute atomic E-state index is 5.29. The maximum Gasteiger partial charge on any atom is 0.215 e. The molecule has 4 aromatic heterocycles. The minimum Gasteiger partial charge on any atom is -0.481 e. The number of nitrogens with zero attached hydrogens (tertiary/aromatic N) is 4. The van der Waals surface area contributed by atoms with Gasteiger partial charge in [0.05, 0.1) is 24.0 Å². The first-order valence-corrected chi connectivity index (χ1v) is 8.28. The van der Waals surface area contributed by atoms with Gasteiger partial charge in [0.25, 0.3) is 0 Å². The van der Waals surface area contributed by atoms with Crippen molar-refractivity contribution < 1.29 is 4.74 Å². The minimum atomic E-state index is 0.573. The summed E-state index contributed by atoms with van der Waals surface area (Å²) in [6, 6.07) is 3.77. The molecule has 0 fully saturated rings. The van der Waals surface area contributed by atoms with E-state index in [2.05, 4.69) is 32.1 Å². The summed E-state index contributed by atoms with van der Waals surface area (Å²) in [6.45, 7) is 6.13. The average molecular weight is 324 g/mol. The number of pyridine rings is 1. The predicted molar refractivity (Wildman–Crippen MR) is 92.4 cm³/mol. The van der Waals surface area contributed by atoms with Gasteiger partial charge in [0.2, 0.25) is 5.88 Å². The molecule has 5 nitrogen and oxygen atoms in total. The third-order valence-corrected chi connectivity index (χ3v) is 4.89. The fraction of sp³-hybridized carbons (Fsp3) is 0.235. The van der Waals surface area contributed by atoms with Crippen molar-refractivity contribution in [1.82, 2.24) is 19.4 Å². The lowest BCUT2D eigenvalue weighted by Gasteiger charge is -2.08. The van der Waals surface area contributed by atoms with Crippen LogP contribution >= 0.6 is 11.3 Å². The number of methoxy groups -OCH3 is 1. The summed E-state index contributed by atoms with van der Waals surface area (Å²) in [5.74, 6) is 1.48. The molecule has 0 atom stereocenters. The normalized spacial score (nSPS) is 11.5. The van der Waals surface area contributed by atoms with E-state index in [1.807, 2.05) is 26.0 Å². The molecule has 4 heterocycles. The van der Waals surface area contributed by atoms with Gasteiger partial charge in [0.15, 0.2) is 5.65 Å². The fourth-order valence-electron chi connectivity index (χ4n) is 2.95. The standard InChI is InChI=1S/C17H16N4OS/c1-9-7-23-8-12(9)16-19-11(3)15-10(2)18-13-5-6-14(22-4)20-17(13)21(15)16/h5-8H,1-4H3. The van der Waals surface area contributed by atoms with Gasteiger partial charge >= 0.3 is 0 Å². The molecule has 0 aliphatic rings. The number of rotatable bonds is 2. The molecular weight excluding hydrogens is 308 g/mol. The van der Waals surface area contributed by atoms with Gasteiger partial charge in [-0.25, -0.2) is 9.97 Å². The maximum atomic E-state index is 5.29. The molecule has 0 bridgehead atoms. The van der Waals surface area contributed by atoms with E-state index < -0.39 is 0 Å². The van der Waals surface area contributed by atoms with Crippen LogP contribution < -0.4 is 4.74 Å². The van der Waals surface area contributed by atoms with Crippen LogP contribution in [0.2, 0.25) is 0 Å². The van der Waals surface area contributed by atoms with E-state index in [0.717, 1.165) is 39.5 Å². The first kappa shape index (κ1) is 14.1. The van der Waals surface area contributed by atoms with Gasteiger partial charge < -0.3 is 4.74 Å². The summed E-state index contributed by atoms with van der Waals surface area (Å²) in [5, 5.41) is 4.27. The van der Waals surface area contributed by atoms with Crippen LogP contribution in [0, 0.1) is 20.8 Å². The zero-order chi connectivity index (χ0) is 16.1. The van der Waals surface area contributed by atoms with Crippen LogP contribution in [0.1, 0.15) is 17.0 Å². The fourth-order valence-corrected chi connectivity index (χ4v) is 3.78. The molecule has 23 heavy (non-hydrogen) atoms. The molecule has 0 aliphatic carbocycles. The summed E-state index contributed by atoms with van der Waals surface area (Å²) in [7, 11) is 1.62. The van der Waals surface area contributed by atoms with Crippen molar-refractivity contribution in [3.8, 4) is 17.3 Å². The van der Waals surface area contributed by atoms with Crippen LogP contribution in [0.5, 0.6) is 5.88 Å². The van der Waals surface area contributed by atoms with Crippen molar-refractivity contribution in [3.63, 3.8) is 0 Å².